The average Bonchev–Trinajstić information content (AvgIpc) is 2.57. The predicted molar refractivity (Wildman–Crippen MR) is 96.9 cm³/mol. The smallest absolute Gasteiger partial charge is 0.264 e. The second-order valence-corrected chi connectivity index (χ2v) is 6.35. The van der Waals surface area contributed by atoms with Crippen LogP contribution in [0.5, 0.6) is 5.88 Å². The fourth-order valence-electron chi connectivity index (χ4n) is 2.63. The Morgan fingerprint density at radius 2 is 2.17 bits per heavy atom. The molecule has 1 saturated heterocycles. The molecule has 1 fully saturated rings. The Bertz CT molecular complexity index is 677. The van der Waals surface area contributed by atoms with Crippen molar-refractivity contribution < 1.29 is 9.84 Å². The van der Waals surface area contributed by atoms with Gasteiger partial charge in [0, 0.05) is 38.4 Å². The van der Waals surface area contributed by atoms with E-state index in [0.717, 1.165) is 45.7 Å². The molecule has 1 aliphatic rings. The summed E-state index contributed by atoms with van der Waals surface area (Å²) in [6.45, 7) is 8.99. The molecule has 1 aromatic rings. The molecule has 0 aromatic carbocycles. The number of aromatic amines is 1. The molecule has 134 valence electrons. The molecule has 0 bridgehead atoms. The van der Waals surface area contributed by atoms with E-state index in [2.05, 4.69) is 14.9 Å². The van der Waals surface area contributed by atoms with Crippen molar-refractivity contribution in [3.05, 3.63) is 20.7 Å². The first-order valence-electron chi connectivity index (χ1n) is 8.42. The molecule has 8 heteroatoms. The summed E-state index contributed by atoms with van der Waals surface area (Å²) >= 11 is 5.14. The number of aromatic hydroxyl groups is 1. The number of morpholine rings is 1. The van der Waals surface area contributed by atoms with Crippen LogP contribution in [0.15, 0.2) is 9.79 Å². The molecular weight excluding hydrogens is 328 g/mol. The van der Waals surface area contributed by atoms with Gasteiger partial charge in [-0.05, 0) is 32.0 Å². The van der Waals surface area contributed by atoms with Gasteiger partial charge in [0.2, 0.25) is 5.88 Å². The van der Waals surface area contributed by atoms with E-state index in [1.807, 2.05) is 13.8 Å². The Balaban J connectivity index is 2.00. The summed E-state index contributed by atoms with van der Waals surface area (Å²) in [6.07, 6.45) is 3.14. The molecule has 0 aliphatic carbocycles. The van der Waals surface area contributed by atoms with Crippen molar-refractivity contribution >= 4 is 18.4 Å². The van der Waals surface area contributed by atoms with Gasteiger partial charge in [-0.3, -0.25) is 24.2 Å². The van der Waals surface area contributed by atoms with Gasteiger partial charge in [-0.25, -0.2) is 0 Å². The highest BCUT2D eigenvalue weighted by Crippen LogP contribution is 2.20. The van der Waals surface area contributed by atoms with Crippen molar-refractivity contribution in [3.63, 3.8) is 0 Å². The molecule has 24 heavy (non-hydrogen) atoms. The fourth-order valence-corrected chi connectivity index (χ4v) is 2.99. The maximum Gasteiger partial charge on any atom is 0.264 e. The molecule has 0 saturated carbocycles. The van der Waals surface area contributed by atoms with Gasteiger partial charge < -0.3 is 9.84 Å². The number of rotatable bonds is 7. The van der Waals surface area contributed by atoms with Crippen LogP contribution in [0.25, 0.3) is 0 Å². The molecular formula is C16H26N4O3S. The van der Waals surface area contributed by atoms with Crippen LogP contribution in [-0.2, 0) is 4.74 Å². The Hall–Kier alpha value is -1.51. The zero-order valence-corrected chi connectivity index (χ0v) is 15.1. The third-order valence-electron chi connectivity index (χ3n) is 4.27. The van der Waals surface area contributed by atoms with Gasteiger partial charge in [-0.15, -0.1) is 0 Å². The molecule has 2 heterocycles. The molecule has 0 amide bonds. The summed E-state index contributed by atoms with van der Waals surface area (Å²) in [7, 11) is 0. The standard InChI is InChI=1S/C16H26N4O3S/c1-3-12(2)20-15(22)13(14(21)18-16(20)24)11-17-5-4-6-19-7-9-23-10-8-19/h11-12,22H,3-10H2,1-2H3,(H,18,21,24). The monoisotopic (exact) mass is 354 g/mol. The number of ether oxygens (including phenoxy) is 1. The third-order valence-corrected chi connectivity index (χ3v) is 4.57. The van der Waals surface area contributed by atoms with Crippen molar-refractivity contribution in [2.75, 3.05) is 39.4 Å². The van der Waals surface area contributed by atoms with Crippen molar-refractivity contribution in [1.29, 1.82) is 0 Å². The lowest BCUT2D eigenvalue weighted by Crippen LogP contribution is -2.37. The Morgan fingerprint density at radius 1 is 1.46 bits per heavy atom. The molecule has 2 N–H and O–H groups in total. The SMILES string of the molecule is CCC(C)n1c(O)c(C=NCCCN2CCOCC2)c(=O)[nH]c1=S. The zero-order valence-electron chi connectivity index (χ0n) is 14.3. The van der Waals surface area contributed by atoms with Crippen LogP contribution in [0.4, 0.5) is 0 Å². The lowest BCUT2D eigenvalue weighted by molar-refractivity contribution is 0.0377. The van der Waals surface area contributed by atoms with Crippen LogP contribution in [0.3, 0.4) is 0 Å². The van der Waals surface area contributed by atoms with Gasteiger partial charge in [0.05, 0.1) is 13.2 Å². The van der Waals surface area contributed by atoms with Crippen LogP contribution in [0.2, 0.25) is 0 Å². The van der Waals surface area contributed by atoms with Crippen LogP contribution in [0.1, 0.15) is 38.3 Å². The minimum Gasteiger partial charge on any atom is -0.494 e. The van der Waals surface area contributed by atoms with Crippen molar-refractivity contribution in [1.82, 2.24) is 14.5 Å². The van der Waals surface area contributed by atoms with E-state index in [4.69, 9.17) is 17.0 Å². The van der Waals surface area contributed by atoms with Crippen LogP contribution in [-0.4, -0.2) is 65.2 Å². The van der Waals surface area contributed by atoms with E-state index in [0.29, 0.717) is 6.54 Å². The van der Waals surface area contributed by atoms with Crippen molar-refractivity contribution in [2.45, 2.75) is 32.7 Å². The van der Waals surface area contributed by atoms with E-state index in [9.17, 15) is 9.90 Å². The average molecular weight is 354 g/mol. The number of aliphatic imine (C=N–C) groups is 1. The molecule has 1 unspecified atom stereocenters. The quantitative estimate of drug-likeness (QED) is 0.443. The number of aromatic nitrogens is 2. The van der Waals surface area contributed by atoms with Gasteiger partial charge >= 0.3 is 0 Å². The predicted octanol–water partition coefficient (Wildman–Crippen LogP) is 1.72. The highest BCUT2D eigenvalue weighted by Gasteiger charge is 2.14. The van der Waals surface area contributed by atoms with Crippen LogP contribution < -0.4 is 5.56 Å². The summed E-state index contributed by atoms with van der Waals surface area (Å²) in [6, 6.07) is 0.00261. The van der Waals surface area contributed by atoms with Gasteiger partial charge in [-0.1, -0.05) is 6.92 Å². The lowest BCUT2D eigenvalue weighted by atomic mass is 10.2. The van der Waals surface area contributed by atoms with Gasteiger partial charge in [0.1, 0.15) is 5.56 Å². The summed E-state index contributed by atoms with van der Waals surface area (Å²) in [5.41, 5.74) is -0.246. The number of hydrogen-bond acceptors (Lipinski definition) is 6. The Morgan fingerprint density at radius 3 is 2.83 bits per heavy atom. The van der Waals surface area contributed by atoms with Crippen LogP contribution >= 0.6 is 12.2 Å². The number of nitrogens with one attached hydrogen (secondary N) is 1. The Kier molecular flexibility index (Phi) is 7.14. The van der Waals surface area contributed by atoms with Gasteiger partial charge in [-0.2, -0.15) is 0 Å². The summed E-state index contributed by atoms with van der Waals surface area (Å²) in [4.78, 5) is 21.3. The largest absolute Gasteiger partial charge is 0.494 e. The summed E-state index contributed by atoms with van der Waals surface area (Å²) in [5, 5.41) is 10.4. The van der Waals surface area contributed by atoms with Gasteiger partial charge in [0.25, 0.3) is 5.56 Å². The topological polar surface area (TPSA) is 82.8 Å². The second kappa shape index (κ2) is 9.10. The first-order chi connectivity index (χ1) is 11.5. The summed E-state index contributed by atoms with van der Waals surface area (Å²) in [5.74, 6) is -0.116. The van der Waals surface area contributed by atoms with Crippen molar-refractivity contribution in [3.8, 4) is 5.88 Å². The maximum atomic E-state index is 12.0. The number of hydrogen-bond donors (Lipinski definition) is 2. The zero-order chi connectivity index (χ0) is 17.5. The molecule has 7 nitrogen and oxygen atoms in total. The van der Waals surface area contributed by atoms with E-state index < -0.39 is 5.56 Å². The first kappa shape index (κ1) is 18.8. The maximum absolute atomic E-state index is 12.0. The van der Waals surface area contributed by atoms with Crippen molar-refractivity contribution in [2.24, 2.45) is 4.99 Å². The fraction of sp³-hybridized carbons (Fsp3) is 0.688. The minimum absolute atomic E-state index is 0.00261. The molecule has 2 rings (SSSR count). The molecule has 1 atom stereocenters. The molecule has 0 radical (unpaired) electrons. The molecule has 1 aliphatic heterocycles. The number of H-pyrrole nitrogens is 1. The second-order valence-electron chi connectivity index (χ2n) is 5.97. The van der Waals surface area contributed by atoms with Gasteiger partial charge in [0.15, 0.2) is 4.77 Å². The van der Waals surface area contributed by atoms with E-state index in [-0.39, 0.29) is 22.3 Å². The summed E-state index contributed by atoms with van der Waals surface area (Å²) < 4.78 is 7.11. The molecule has 0 spiro atoms. The normalized spacial score (nSPS) is 17.4. The lowest BCUT2D eigenvalue weighted by Gasteiger charge is -2.26. The highest BCUT2D eigenvalue weighted by molar-refractivity contribution is 7.71. The van der Waals surface area contributed by atoms with E-state index in [1.54, 1.807) is 4.57 Å². The highest BCUT2D eigenvalue weighted by atomic mass is 32.1. The number of nitrogens with zero attached hydrogens (tertiary/aromatic N) is 3. The Labute approximate surface area is 147 Å². The molecule has 1 aromatic heterocycles. The van der Waals surface area contributed by atoms with Crippen LogP contribution in [0, 0.1) is 4.77 Å². The van der Waals surface area contributed by atoms with E-state index >= 15 is 0 Å². The first-order valence-corrected chi connectivity index (χ1v) is 8.83. The third kappa shape index (κ3) is 4.75. The van der Waals surface area contributed by atoms with E-state index in [1.165, 1.54) is 6.21 Å². The minimum atomic E-state index is -0.408.